The Kier molecular flexibility index (Phi) is 7.54. The smallest absolute Gasteiger partial charge is 0.303 e. The second-order valence-corrected chi connectivity index (χ2v) is 4.73. The van der Waals surface area contributed by atoms with Crippen LogP contribution in [0, 0.1) is 0 Å². The van der Waals surface area contributed by atoms with Gasteiger partial charge in [-0.3, -0.25) is 9.59 Å². The molecule has 0 aliphatic heterocycles. The molecule has 0 aliphatic carbocycles. The van der Waals surface area contributed by atoms with E-state index in [4.69, 9.17) is 9.84 Å². The van der Waals surface area contributed by atoms with Crippen LogP contribution in [0.2, 0.25) is 0 Å². The van der Waals surface area contributed by atoms with E-state index in [1.807, 2.05) is 0 Å². The van der Waals surface area contributed by atoms with Crippen LogP contribution in [0.4, 0.5) is 0 Å². The van der Waals surface area contributed by atoms with E-state index in [1.54, 1.807) is 13.8 Å². The van der Waals surface area contributed by atoms with E-state index in [0.29, 0.717) is 13.0 Å². The number of amides is 1. The molecule has 0 aromatic heterocycles. The number of carboxylic acid groups (broad SMARTS) is 1. The van der Waals surface area contributed by atoms with Gasteiger partial charge in [0.1, 0.15) is 6.61 Å². The van der Waals surface area contributed by atoms with E-state index in [2.05, 4.69) is 12.2 Å². The Morgan fingerprint density at radius 3 is 2.53 bits per heavy atom. The number of ether oxygens (including phenoxy) is 1. The summed E-state index contributed by atoms with van der Waals surface area (Å²) in [6.45, 7) is 6.29. The van der Waals surface area contributed by atoms with Gasteiger partial charge < -0.3 is 15.2 Å². The van der Waals surface area contributed by atoms with Crippen molar-refractivity contribution in [2.45, 2.75) is 52.0 Å². The normalized spacial score (nSPS) is 11.2. The number of carboxylic acids is 1. The summed E-state index contributed by atoms with van der Waals surface area (Å²) < 4.78 is 5.18. The third-order valence-corrected chi connectivity index (χ3v) is 2.32. The van der Waals surface area contributed by atoms with Crippen LogP contribution in [-0.4, -0.2) is 35.7 Å². The van der Waals surface area contributed by atoms with Gasteiger partial charge in [0.25, 0.3) is 0 Å². The van der Waals surface area contributed by atoms with Crippen LogP contribution >= 0.6 is 0 Å². The summed E-state index contributed by atoms with van der Waals surface area (Å²) >= 11 is 0. The lowest BCUT2D eigenvalue weighted by molar-refractivity contribution is -0.138. The molecule has 0 aromatic rings. The highest BCUT2D eigenvalue weighted by Gasteiger charge is 2.21. The highest BCUT2D eigenvalue weighted by molar-refractivity contribution is 5.78. The highest BCUT2D eigenvalue weighted by Crippen LogP contribution is 2.10. The molecule has 1 amide bonds. The van der Waals surface area contributed by atoms with Gasteiger partial charge in [-0.05, 0) is 26.7 Å². The zero-order chi connectivity index (χ0) is 13.3. The summed E-state index contributed by atoms with van der Waals surface area (Å²) in [5.41, 5.74) is -0.510. The first-order valence-electron chi connectivity index (χ1n) is 5.98. The number of aliphatic carboxylic acids is 1. The van der Waals surface area contributed by atoms with Gasteiger partial charge in [0.2, 0.25) is 5.91 Å². The molecule has 5 nitrogen and oxygen atoms in total. The number of carbonyl (C=O) groups excluding carboxylic acids is 1. The minimum absolute atomic E-state index is 0.0382. The van der Waals surface area contributed by atoms with Crippen molar-refractivity contribution in [1.29, 1.82) is 0 Å². The maximum atomic E-state index is 11.5. The quantitative estimate of drug-likeness (QED) is 0.604. The van der Waals surface area contributed by atoms with Crippen LogP contribution in [0.15, 0.2) is 0 Å². The van der Waals surface area contributed by atoms with Crippen molar-refractivity contribution in [1.82, 2.24) is 5.32 Å². The highest BCUT2D eigenvalue weighted by atomic mass is 16.5. The standard InChI is InChI=1S/C12H23NO4/c1-4-5-8-17-9-10(14)13-12(2,3)7-6-11(15)16/h4-9H2,1-3H3,(H,13,14)(H,15,16). The molecule has 5 heteroatoms. The molecule has 0 saturated carbocycles. The van der Waals surface area contributed by atoms with Crippen LogP contribution in [0.5, 0.6) is 0 Å². The van der Waals surface area contributed by atoms with Crippen LogP contribution in [0.3, 0.4) is 0 Å². The molecule has 0 bridgehead atoms. The number of hydrogen-bond donors (Lipinski definition) is 2. The lowest BCUT2D eigenvalue weighted by Crippen LogP contribution is -2.45. The summed E-state index contributed by atoms with van der Waals surface area (Å²) in [7, 11) is 0. The first-order valence-corrected chi connectivity index (χ1v) is 5.98. The predicted molar refractivity (Wildman–Crippen MR) is 64.8 cm³/mol. The van der Waals surface area contributed by atoms with Gasteiger partial charge in [0.05, 0.1) is 0 Å². The molecule has 0 spiro atoms. The number of nitrogens with one attached hydrogen (secondary N) is 1. The second-order valence-electron chi connectivity index (χ2n) is 4.73. The van der Waals surface area contributed by atoms with Gasteiger partial charge in [-0.15, -0.1) is 0 Å². The monoisotopic (exact) mass is 245 g/mol. The van der Waals surface area contributed by atoms with E-state index >= 15 is 0 Å². The molecule has 0 rings (SSSR count). The molecular formula is C12H23NO4. The van der Waals surface area contributed by atoms with E-state index in [9.17, 15) is 9.59 Å². The van der Waals surface area contributed by atoms with Gasteiger partial charge in [0.15, 0.2) is 0 Å². The maximum absolute atomic E-state index is 11.5. The van der Waals surface area contributed by atoms with Crippen molar-refractivity contribution in [3.63, 3.8) is 0 Å². The molecule has 0 heterocycles. The summed E-state index contributed by atoms with van der Waals surface area (Å²) in [6, 6.07) is 0. The second kappa shape index (κ2) is 8.06. The van der Waals surface area contributed by atoms with Crippen molar-refractivity contribution in [3.8, 4) is 0 Å². The van der Waals surface area contributed by atoms with Crippen LogP contribution in [-0.2, 0) is 14.3 Å². The largest absolute Gasteiger partial charge is 0.481 e. The van der Waals surface area contributed by atoms with Crippen LogP contribution in [0.25, 0.3) is 0 Å². The third kappa shape index (κ3) is 9.81. The molecule has 100 valence electrons. The number of carbonyl (C=O) groups is 2. The van der Waals surface area contributed by atoms with Crippen LogP contribution < -0.4 is 5.32 Å². The molecule has 0 fully saturated rings. The molecular weight excluding hydrogens is 222 g/mol. The van der Waals surface area contributed by atoms with Gasteiger partial charge in [-0.1, -0.05) is 13.3 Å². The van der Waals surface area contributed by atoms with Gasteiger partial charge in [-0.2, -0.15) is 0 Å². The molecule has 0 aromatic carbocycles. The average molecular weight is 245 g/mol. The Morgan fingerprint density at radius 1 is 1.35 bits per heavy atom. The Bertz CT molecular complexity index is 251. The fraction of sp³-hybridized carbons (Fsp3) is 0.833. The van der Waals surface area contributed by atoms with E-state index in [0.717, 1.165) is 12.8 Å². The first-order chi connectivity index (χ1) is 7.87. The zero-order valence-electron chi connectivity index (χ0n) is 10.9. The lowest BCUT2D eigenvalue weighted by Gasteiger charge is -2.25. The van der Waals surface area contributed by atoms with Crippen molar-refractivity contribution >= 4 is 11.9 Å². The zero-order valence-corrected chi connectivity index (χ0v) is 10.9. The summed E-state index contributed by atoms with van der Waals surface area (Å²) in [5, 5.41) is 11.3. The molecule has 0 aliphatic rings. The topological polar surface area (TPSA) is 75.6 Å². The Morgan fingerprint density at radius 2 is 2.00 bits per heavy atom. The summed E-state index contributed by atoms with van der Waals surface area (Å²) in [5.74, 6) is -1.05. The van der Waals surface area contributed by atoms with Crippen molar-refractivity contribution < 1.29 is 19.4 Å². The van der Waals surface area contributed by atoms with Gasteiger partial charge >= 0.3 is 5.97 Å². The Labute approximate surface area is 103 Å². The Hall–Kier alpha value is -1.10. The number of rotatable bonds is 9. The molecule has 2 N–H and O–H groups in total. The number of unbranched alkanes of at least 4 members (excludes halogenated alkanes) is 1. The predicted octanol–water partition coefficient (Wildman–Crippen LogP) is 1.56. The molecule has 17 heavy (non-hydrogen) atoms. The molecule has 0 unspecified atom stereocenters. The summed E-state index contributed by atoms with van der Waals surface area (Å²) in [4.78, 5) is 21.9. The molecule has 0 radical (unpaired) electrons. The number of hydrogen-bond acceptors (Lipinski definition) is 3. The van der Waals surface area contributed by atoms with Crippen molar-refractivity contribution in [2.75, 3.05) is 13.2 Å². The average Bonchev–Trinajstić information content (AvgIpc) is 2.21. The summed E-state index contributed by atoms with van der Waals surface area (Å²) in [6.07, 6.45) is 2.43. The lowest BCUT2D eigenvalue weighted by atomic mass is 9.98. The maximum Gasteiger partial charge on any atom is 0.303 e. The minimum Gasteiger partial charge on any atom is -0.481 e. The SMILES string of the molecule is CCCCOCC(=O)NC(C)(C)CCC(=O)O. The van der Waals surface area contributed by atoms with Gasteiger partial charge in [0, 0.05) is 18.6 Å². The van der Waals surface area contributed by atoms with Crippen LogP contribution in [0.1, 0.15) is 46.5 Å². The fourth-order valence-corrected chi connectivity index (χ4v) is 1.31. The molecule has 0 saturated heterocycles. The first kappa shape index (κ1) is 15.9. The van der Waals surface area contributed by atoms with Crippen molar-refractivity contribution in [2.24, 2.45) is 0 Å². The minimum atomic E-state index is -0.855. The van der Waals surface area contributed by atoms with E-state index < -0.39 is 11.5 Å². The van der Waals surface area contributed by atoms with Gasteiger partial charge in [-0.25, -0.2) is 0 Å². The third-order valence-electron chi connectivity index (χ3n) is 2.32. The Balaban J connectivity index is 3.80. The van der Waals surface area contributed by atoms with Crippen molar-refractivity contribution in [3.05, 3.63) is 0 Å². The van der Waals surface area contributed by atoms with E-state index in [-0.39, 0.29) is 18.9 Å². The molecule has 0 atom stereocenters. The van der Waals surface area contributed by atoms with E-state index in [1.165, 1.54) is 0 Å². The fourth-order valence-electron chi connectivity index (χ4n) is 1.31.